The molecule has 1 aliphatic heterocycles. The van der Waals surface area contributed by atoms with Gasteiger partial charge in [0.05, 0.1) is 13.2 Å². The molecule has 35 heavy (non-hydrogen) atoms. The molecule has 6 nitrogen and oxygen atoms in total. The van der Waals surface area contributed by atoms with E-state index in [4.69, 9.17) is 14.5 Å². The molecule has 0 amide bonds. The highest BCUT2D eigenvalue weighted by molar-refractivity contribution is 5.77. The Labute approximate surface area is 208 Å². The zero-order valence-electron chi connectivity index (χ0n) is 20.9. The lowest BCUT2D eigenvalue weighted by atomic mass is 9.95. The molecule has 0 radical (unpaired) electrons. The first-order valence-electron chi connectivity index (χ1n) is 13.4. The molecular formula is C29H38N2O4. The molecular weight excluding hydrogens is 440 g/mol. The molecule has 1 saturated carbocycles. The van der Waals surface area contributed by atoms with Gasteiger partial charge in [-0.2, -0.15) is 0 Å². The number of pyridine rings is 1. The number of carboxylic acids is 1. The molecule has 1 unspecified atom stereocenters. The number of rotatable bonds is 11. The van der Waals surface area contributed by atoms with E-state index in [0.717, 1.165) is 68.4 Å². The van der Waals surface area contributed by atoms with E-state index in [1.165, 1.54) is 36.2 Å². The van der Waals surface area contributed by atoms with Crippen molar-refractivity contribution < 1.29 is 19.4 Å². The highest BCUT2D eigenvalue weighted by Gasteiger charge is 2.39. The number of nitrogens with zero attached hydrogens (tertiary/aromatic N) is 2. The number of unbranched alkanes of at least 4 members (excludes halogenated alkanes) is 1. The first kappa shape index (κ1) is 24.3. The summed E-state index contributed by atoms with van der Waals surface area (Å²) in [4.78, 5) is 19.3. The van der Waals surface area contributed by atoms with E-state index in [0.29, 0.717) is 19.1 Å². The molecule has 1 aromatic heterocycles. The molecule has 0 bridgehead atoms. The van der Waals surface area contributed by atoms with E-state index >= 15 is 0 Å². The van der Waals surface area contributed by atoms with Crippen LogP contribution in [0.1, 0.15) is 85.0 Å². The lowest BCUT2D eigenvalue weighted by Crippen LogP contribution is -2.34. The number of methoxy groups -OCH3 is 1. The molecule has 6 heteroatoms. The van der Waals surface area contributed by atoms with Crippen molar-refractivity contribution in [3.63, 3.8) is 0 Å². The van der Waals surface area contributed by atoms with Crippen LogP contribution in [0.4, 0.5) is 0 Å². The summed E-state index contributed by atoms with van der Waals surface area (Å²) in [5.74, 6) is 0.442. The maximum absolute atomic E-state index is 12.4. The molecule has 2 aromatic rings. The van der Waals surface area contributed by atoms with E-state index in [2.05, 4.69) is 17.0 Å². The SMILES string of the molecule is COc1cccc(C(C(=O)O)N2CC[C@@H](OCCCCc3ccc4c(n3)CCCC4)C2)c1C1CC1. The number of aromatic nitrogens is 1. The molecule has 0 spiro atoms. The van der Waals surface area contributed by atoms with E-state index in [-0.39, 0.29) is 6.10 Å². The molecule has 1 saturated heterocycles. The number of carboxylic acid groups (broad SMARTS) is 1. The number of likely N-dealkylation sites (tertiary alicyclic amines) is 1. The fourth-order valence-corrected chi connectivity index (χ4v) is 5.82. The Morgan fingerprint density at radius 2 is 2.00 bits per heavy atom. The van der Waals surface area contributed by atoms with Crippen LogP contribution in [0.3, 0.4) is 0 Å². The highest BCUT2D eigenvalue weighted by Crippen LogP contribution is 2.48. The zero-order valence-corrected chi connectivity index (χ0v) is 20.9. The monoisotopic (exact) mass is 478 g/mol. The fraction of sp³-hybridized carbons (Fsp3) is 0.586. The quantitative estimate of drug-likeness (QED) is 0.454. The Morgan fingerprint density at radius 3 is 2.80 bits per heavy atom. The first-order chi connectivity index (χ1) is 17.1. The van der Waals surface area contributed by atoms with Gasteiger partial charge in [0.15, 0.2) is 0 Å². The molecule has 188 valence electrons. The van der Waals surface area contributed by atoms with Crippen LogP contribution < -0.4 is 4.74 Å². The number of fused-ring (bicyclic) bond motifs is 1. The summed E-state index contributed by atoms with van der Waals surface area (Å²) in [6.07, 6.45) is 11.1. The maximum Gasteiger partial charge on any atom is 0.325 e. The van der Waals surface area contributed by atoms with E-state index in [1.54, 1.807) is 7.11 Å². The maximum atomic E-state index is 12.4. The average Bonchev–Trinajstić information content (AvgIpc) is 3.61. The van der Waals surface area contributed by atoms with Crippen LogP contribution in [0.2, 0.25) is 0 Å². The van der Waals surface area contributed by atoms with Gasteiger partial charge in [0.1, 0.15) is 11.8 Å². The van der Waals surface area contributed by atoms with Gasteiger partial charge in [0, 0.05) is 36.6 Å². The van der Waals surface area contributed by atoms with Crippen LogP contribution in [0, 0.1) is 0 Å². The summed E-state index contributed by atoms with van der Waals surface area (Å²) in [5, 5.41) is 10.2. The van der Waals surface area contributed by atoms with Crippen LogP contribution in [0.25, 0.3) is 0 Å². The van der Waals surface area contributed by atoms with Gasteiger partial charge in [-0.1, -0.05) is 18.2 Å². The van der Waals surface area contributed by atoms with Crippen LogP contribution in [0.5, 0.6) is 5.75 Å². The van der Waals surface area contributed by atoms with Crippen molar-refractivity contribution in [2.75, 3.05) is 26.8 Å². The summed E-state index contributed by atoms with van der Waals surface area (Å²) < 4.78 is 11.8. The van der Waals surface area contributed by atoms with Crippen molar-refractivity contribution in [1.29, 1.82) is 0 Å². The topological polar surface area (TPSA) is 71.9 Å². The Balaban J connectivity index is 1.12. The van der Waals surface area contributed by atoms with Crippen LogP contribution in [-0.4, -0.2) is 53.9 Å². The third-order valence-electron chi connectivity index (χ3n) is 7.79. The minimum atomic E-state index is -0.793. The summed E-state index contributed by atoms with van der Waals surface area (Å²) >= 11 is 0. The average molecular weight is 479 g/mol. The minimum absolute atomic E-state index is 0.0914. The summed E-state index contributed by atoms with van der Waals surface area (Å²) in [5.41, 5.74) is 5.92. The molecule has 1 N–H and O–H groups in total. The lowest BCUT2D eigenvalue weighted by molar-refractivity contribution is -0.143. The standard InChI is InChI=1S/C29H38N2O4/c1-34-26-11-6-9-24(27(26)21-12-13-21)28(29(32)33)31-17-16-23(19-31)35-18-5-4-8-22-15-14-20-7-2-3-10-25(20)30-22/h6,9,11,14-15,21,23,28H,2-5,7-8,10,12-13,16-19H2,1H3,(H,32,33)/t23-,28?/m1/s1. The Bertz CT molecular complexity index is 1040. The number of carbonyl (C=O) groups is 1. The number of aryl methyl sites for hydroxylation is 3. The van der Waals surface area contributed by atoms with Crippen molar-refractivity contribution in [3.8, 4) is 5.75 Å². The molecule has 5 rings (SSSR count). The second-order valence-corrected chi connectivity index (χ2v) is 10.3. The Hall–Kier alpha value is -2.44. The second-order valence-electron chi connectivity index (χ2n) is 10.3. The normalized spacial score (nSPS) is 21.0. The fourth-order valence-electron chi connectivity index (χ4n) is 5.82. The van der Waals surface area contributed by atoms with Crippen molar-refractivity contribution >= 4 is 5.97 Å². The van der Waals surface area contributed by atoms with Gasteiger partial charge < -0.3 is 14.6 Å². The van der Waals surface area contributed by atoms with Crippen molar-refractivity contribution in [3.05, 3.63) is 58.4 Å². The number of benzene rings is 1. The number of hydrogen-bond donors (Lipinski definition) is 1. The molecule has 2 fully saturated rings. The van der Waals surface area contributed by atoms with Crippen molar-refractivity contribution in [1.82, 2.24) is 9.88 Å². The lowest BCUT2D eigenvalue weighted by Gasteiger charge is -2.27. The smallest absolute Gasteiger partial charge is 0.325 e. The Kier molecular flexibility index (Phi) is 7.69. The zero-order chi connectivity index (χ0) is 24.2. The van der Waals surface area contributed by atoms with Gasteiger partial charge >= 0.3 is 5.97 Å². The minimum Gasteiger partial charge on any atom is -0.496 e. The number of aliphatic carboxylic acids is 1. The van der Waals surface area contributed by atoms with Crippen molar-refractivity contribution in [2.45, 2.75) is 82.3 Å². The highest BCUT2D eigenvalue weighted by atomic mass is 16.5. The molecule has 2 heterocycles. The van der Waals surface area contributed by atoms with Gasteiger partial charge in [-0.3, -0.25) is 14.7 Å². The summed E-state index contributed by atoms with van der Waals surface area (Å²) in [6.45, 7) is 2.11. The third kappa shape index (κ3) is 5.70. The molecule has 1 aromatic carbocycles. The summed E-state index contributed by atoms with van der Waals surface area (Å²) in [6, 6.07) is 9.65. The van der Waals surface area contributed by atoms with E-state index in [1.807, 2.05) is 18.2 Å². The van der Waals surface area contributed by atoms with Crippen LogP contribution in [-0.2, 0) is 28.8 Å². The molecule has 2 aliphatic carbocycles. The van der Waals surface area contributed by atoms with Crippen LogP contribution in [0.15, 0.2) is 30.3 Å². The predicted molar refractivity (Wildman–Crippen MR) is 135 cm³/mol. The van der Waals surface area contributed by atoms with Gasteiger partial charge in [-0.15, -0.1) is 0 Å². The number of ether oxygens (including phenoxy) is 2. The Morgan fingerprint density at radius 1 is 1.14 bits per heavy atom. The molecule has 2 atom stereocenters. The first-order valence-corrected chi connectivity index (χ1v) is 13.4. The second kappa shape index (κ2) is 11.1. The summed E-state index contributed by atoms with van der Waals surface area (Å²) in [7, 11) is 1.67. The van der Waals surface area contributed by atoms with Gasteiger partial charge in [0.25, 0.3) is 0 Å². The number of hydrogen-bond acceptors (Lipinski definition) is 5. The van der Waals surface area contributed by atoms with Crippen LogP contribution >= 0.6 is 0 Å². The van der Waals surface area contributed by atoms with E-state index in [9.17, 15) is 9.90 Å². The third-order valence-corrected chi connectivity index (χ3v) is 7.79. The van der Waals surface area contributed by atoms with Gasteiger partial charge in [0.2, 0.25) is 0 Å². The van der Waals surface area contributed by atoms with E-state index < -0.39 is 12.0 Å². The molecule has 3 aliphatic rings. The largest absolute Gasteiger partial charge is 0.496 e. The predicted octanol–water partition coefficient (Wildman–Crippen LogP) is 5.09. The van der Waals surface area contributed by atoms with Gasteiger partial charge in [-0.05, 0) is 93.4 Å². The van der Waals surface area contributed by atoms with Crippen molar-refractivity contribution in [2.24, 2.45) is 0 Å². The van der Waals surface area contributed by atoms with Gasteiger partial charge in [-0.25, -0.2) is 0 Å².